The van der Waals surface area contributed by atoms with Crippen LogP contribution in [0.2, 0.25) is 0 Å². The van der Waals surface area contributed by atoms with E-state index in [9.17, 15) is 14.4 Å². The number of benzene rings is 3. The molecule has 0 saturated carbocycles. The van der Waals surface area contributed by atoms with Gasteiger partial charge in [0, 0.05) is 23.5 Å². The van der Waals surface area contributed by atoms with Crippen LogP contribution in [0.4, 0.5) is 17.1 Å². The van der Waals surface area contributed by atoms with Gasteiger partial charge in [0.2, 0.25) is 0 Å². The van der Waals surface area contributed by atoms with Gasteiger partial charge in [-0.25, -0.2) is 4.90 Å². The Balaban J connectivity index is 1.54. The van der Waals surface area contributed by atoms with E-state index in [0.717, 1.165) is 21.7 Å². The quantitative estimate of drug-likeness (QED) is 0.486. The second-order valence-corrected chi connectivity index (χ2v) is 8.32. The number of carbonyl (C=O) groups excluding carboxylic acids is 3. The molecule has 4 rings (SSSR count). The van der Waals surface area contributed by atoms with Crippen molar-refractivity contribution in [3.63, 3.8) is 0 Å². The third-order valence-corrected chi connectivity index (χ3v) is 6.23. The number of aryl methyl sites for hydroxylation is 1. The first-order valence-electron chi connectivity index (χ1n) is 10.9. The molecule has 1 N–H and O–H groups in total. The van der Waals surface area contributed by atoms with Crippen molar-refractivity contribution < 1.29 is 14.4 Å². The summed E-state index contributed by atoms with van der Waals surface area (Å²) < 4.78 is 0. The average molecular weight is 474 g/mol. The summed E-state index contributed by atoms with van der Waals surface area (Å²) in [6.07, 6.45) is 0. The van der Waals surface area contributed by atoms with E-state index in [1.165, 1.54) is 0 Å². The second kappa shape index (κ2) is 9.53. The lowest BCUT2D eigenvalue weighted by Crippen LogP contribution is -2.33. The van der Waals surface area contributed by atoms with Crippen LogP contribution in [0, 0.1) is 13.8 Å². The highest BCUT2D eigenvalue weighted by Gasteiger charge is 2.39. The lowest BCUT2D eigenvalue weighted by molar-refractivity contribution is -0.120. The number of halogens is 1. The van der Waals surface area contributed by atoms with Gasteiger partial charge in [-0.15, -0.1) is 0 Å². The predicted molar refractivity (Wildman–Crippen MR) is 135 cm³/mol. The van der Waals surface area contributed by atoms with Gasteiger partial charge in [0.1, 0.15) is 10.7 Å². The summed E-state index contributed by atoms with van der Waals surface area (Å²) in [5.41, 5.74) is 4.16. The number of imide groups is 1. The Bertz CT molecular complexity index is 1300. The minimum Gasteiger partial charge on any atom is -0.350 e. The molecule has 0 bridgehead atoms. The number of rotatable bonds is 6. The fraction of sp³-hybridized carbons (Fsp3) is 0.148. The molecule has 1 heterocycles. The molecule has 0 aromatic heterocycles. The summed E-state index contributed by atoms with van der Waals surface area (Å²) in [5, 5.41) is 2.78. The van der Waals surface area contributed by atoms with E-state index >= 15 is 0 Å². The molecule has 3 aromatic rings. The molecular formula is C27H24ClN3O3. The third kappa shape index (κ3) is 4.20. The molecular weight excluding hydrogens is 450 g/mol. The van der Waals surface area contributed by atoms with Crippen LogP contribution in [-0.2, 0) is 9.59 Å². The van der Waals surface area contributed by atoms with Gasteiger partial charge < -0.3 is 10.2 Å². The van der Waals surface area contributed by atoms with Gasteiger partial charge in [0.15, 0.2) is 0 Å². The maximum Gasteiger partial charge on any atom is 0.283 e. The summed E-state index contributed by atoms with van der Waals surface area (Å²) in [6, 6.07) is 21.6. The molecule has 0 fully saturated rings. The first-order valence-corrected chi connectivity index (χ1v) is 11.3. The van der Waals surface area contributed by atoms with E-state index in [2.05, 4.69) is 5.32 Å². The lowest BCUT2D eigenvalue weighted by Gasteiger charge is -2.21. The zero-order valence-electron chi connectivity index (χ0n) is 19.1. The number of anilines is 3. The zero-order chi connectivity index (χ0) is 24.4. The van der Waals surface area contributed by atoms with Gasteiger partial charge >= 0.3 is 0 Å². The summed E-state index contributed by atoms with van der Waals surface area (Å²) in [4.78, 5) is 41.7. The Morgan fingerprint density at radius 3 is 2.24 bits per heavy atom. The molecule has 0 aliphatic carbocycles. The molecule has 0 atom stereocenters. The lowest BCUT2D eigenvalue weighted by atomic mass is 10.1. The summed E-state index contributed by atoms with van der Waals surface area (Å²) in [6.45, 7) is 6.21. The van der Waals surface area contributed by atoms with Crippen molar-refractivity contribution >= 4 is 46.4 Å². The number of carbonyl (C=O) groups is 3. The fourth-order valence-corrected chi connectivity index (χ4v) is 4.07. The Hall–Kier alpha value is -3.90. The van der Waals surface area contributed by atoms with Gasteiger partial charge in [-0.05, 0) is 74.4 Å². The van der Waals surface area contributed by atoms with E-state index in [1.54, 1.807) is 41.3 Å². The van der Waals surface area contributed by atoms with Gasteiger partial charge in [-0.3, -0.25) is 14.4 Å². The van der Waals surface area contributed by atoms with Crippen LogP contribution < -0.4 is 15.1 Å². The zero-order valence-corrected chi connectivity index (χ0v) is 19.9. The van der Waals surface area contributed by atoms with Crippen LogP contribution in [0.1, 0.15) is 28.4 Å². The predicted octanol–water partition coefficient (Wildman–Crippen LogP) is 5.41. The topological polar surface area (TPSA) is 69.7 Å². The highest BCUT2D eigenvalue weighted by atomic mass is 35.5. The molecule has 6 nitrogen and oxygen atoms in total. The van der Waals surface area contributed by atoms with Crippen LogP contribution in [0.25, 0.3) is 0 Å². The van der Waals surface area contributed by atoms with Crippen LogP contribution in [0.3, 0.4) is 0 Å². The van der Waals surface area contributed by atoms with Crippen LogP contribution >= 0.6 is 11.6 Å². The van der Waals surface area contributed by atoms with E-state index in [0.29, 0.717) is 23.5 Å². The van der Waals surface area contributed by atoms with Crippen molar-refractivity contribution in [3.05, 3.63) is 100 Å². The molecule has 7 heteroatoms. The molecule has 34 heavy (non-hydrogen) atoms. The van der Waals surface area contributed by atoms with Crippen molar-refractivity contribution in [1.82, 2.24) is 0 Å². The van der Waals surface area contributed by atoms with Gasteiger partial charge in [-0.1, -0.05) is 41.9 Å². The minimum atomic E-state index is -0.573. The van der Waals surface area contributed by atoms with E-state index in [-0.39, 0.29) is 16.6 Å². The average Bonchev–Trinajstić information content (AvgIpc) is 3.05. The highest BCUT2D eigenvalue weighted by Crippen LogP contribution is 2.33. The third-order valence-electron chi connectivity index (χ3n) is 5.87. The van der Waals surface area contributed by atoms with Crippen molar-refractivity contribution in [2.24, 2.45) is 0 Å². The Kier molecular flexibility index (Phi) is 6.52. The smallest absolute Gasteiger partial charge is 0.283 e. The van der Waals surface area contributed by atoms with Crippen LogP contribution in [0.5, 0.6) is 0 Å². The molecule has 0 spiro atoms. The maximum atomic E-state index is 13.1. The van der Waals surface area contributed by atoms with Crippen LogP contribution in [-0.4, -0.2) is 24.3 Å². The first kappa shape index (κ1) is 23.3. The normalized spacial score (nSPS) is 13.5. The molecule has 1 aliphatic heterocycles. The SMILES string of the molecule is CCN(C(=O)c1ccc(NC2=C(Cl)C(=O)N(c3cccc(C)c3C)C2=O)cc1)c1ccccc1. The van der Waals surface area contributed by atoms with Crippen molar-refractivity contribution in [2.75, 3.05) is 21.7 Å². The molecule has 172 valence electrons. The number of nitrogens with zero attached hydrogens (tertiary/aromatic N) is 2. The van der Waals surface area contributed by atoms with Gasteiger partial charge in [-0.2, -0.15) is 0 Å². The number of nitrogens with one attached hydrogen (secondary N) is 1. The molecule has 3 amide bonds. The second-order valence-electron chi connectivity index (χ2n) is 7.94. The Morgan fingerprint density at radius 1 is 0.912 bits per heavy atom. The number of hydrogen-bond acceptors (Lipinski definition) is 4. The largest absolute Gasteiger partial charge is 0.350 e. The van der Waals surface area contributed by atoms with Crippen molar-refractivity contribution in [1.29, 1.82) is 0 Å². The number of para-hydroxylation sites is 1. The summed E-state index contributed by atoms with van der Waals surface area (Å²) in [7, 11) is 0. The Morgan fingerprint density at radius 2 is 1.59 bits per heavy atom. The monoisotopic (exact) mass is 473 g/mol. The molecule has 0 radical (unpaired) electrons. The van der Waals surface area contributed by atoms with E-state index < -0.39 is 11.8 Å². The number of amides is 3. The molecule has 1 aliphatic rings. The molecule has 0 saturated heterocycles. The molecule has 3 aromatic carbocycles. The van der Waals surface area contributed by atoms with E-state index in [4.69, 9.17) is 11.6 Å². The first-order chi connectivity index (χ1) is 16.3. The van der Waals surface area contributed by atoms with Gasteiger partial charge in [0.25, 0.3) is 17.7 Å². The highest BCUT2D eigenvalue weighted by molar-refractivity contribution is 6.53. The Labute approximate surface area is 203 Å². The number of hydrogen-bond donors (Lipinski definition) is 1. The van der Waals surface area contributed by atoms with E-state index in [1.807, 2.05) is 57.2 Å². The van der Waals surface area contributed by atoms with Crippen molar-refractivity contribution in [3.8, 4) is 0 Å². The molecule has 0 unspecified atom stereocenters. The van der Waals surface area contributed by atoms with Crippen molar-refractivity contribution in [2.45, 2.75) is 20.8 Å². The van der Waals surface area contributed by atoms with Gasteiger partial charge in [0.05, 0.1) is 5.69 Å². The van der Waals surface area contributed by atoms with Crippen LogP contribution in [0.15, 0.2) is 83.5 Å². The fourth-order valence-electron chi connectivity index (χ4n) is 3.86. The summed E-state index contributed by atoms with van der Waals surface area (Å²) in [5.74, 6) is -1.23. The maximum absolute atomic E-state index is 13.1. The summed E-state index contributed by atoms with van der Waals surface area (Å²) >= 11 is 6.26. The minimum absolute atomic E-state index is 0.00567. The standard InChI is InChI=1S/C27H24ClN3O3/c1-4-30(21-10-6-5-7-11-21)25(32)19-13-15-20(16-14-19)29-24-23(28)26(33)31(27(24)34)22-12-8-9-17(2)18(22)3/h5-16,29H,4H2,1-3H3.